The highest BCUT2D eigenvalue weighted by molar-refractivity contribution is 6.30. The van der Waals surface area contributed by atoms with E-state index in [2.05, 4.69) is 15.6 Å². The van der Waals surface area contributed by atoms with Gasteiger partial charge in [0.15, 0.2) is 12.2 Å². The fourth-order valence-electron chi connectivity index (χ4n) is 2.20. The van der Waals surface area contributed by atoms with Gasteiger partial charge in [-0.25, -0.2) is 9.79 Å². The van der Waals surface area contributed by atoms with E-state index in [1.807, 2.05) is 12.1 Å². The van der Waals surface area contributed by atoms with E-state index < -0.39 is 18.2 Å². The second-order valence-electron chi connectivity index (χ2n) is 4.42. The van der Waals surface area contributed by atoms with Crippen molar-refractivity contribution in [1.82, 2.24) is 15.5 Å². The summed E-state index contributed by atoms with van der Waals surface area (Å²) in [6, 6.07) is 6.38. The van der Waals surface area contributed by atoms with Crippen LogP contribution in [0.25, 0.3) is 0 Å². The molecule has 2 aliphatic heterocycles. The van der Waals surface area contributed by atoms with Gasteiger partial charge < -0.3 is 10.2 Å². The van der Waals surface area contributed by atoms with Gasteiger partial charge in [0.1, 0.15) is 0 Å². The topological polar surface area (TPSA) is 73.8 Å². The standard InChI is InChI=1S/C12H11ClN4O2/c13-8-3-1-7(2-4-8)5-17-6-14-10-9(17)11(18)16-12(19)15-10/h1-4,6,9-10H,5H2,(H2,15,16,18,19). The fourth-order valence-corrected chi connectivity index (χ4v) is 2.32. The van der Waals surface area contributed by atoms with Crippen LogP contribution in [0.3, 0.4) is 0 Å². The van der Waals surface area contributed by atoms with Crippen molar-refractivity contribution in [3.8, 4) is 0 Å². The molecular weight excluding hydrogens is 268 g/mol. The number of carbonyl (C=O) groups is 2. The molecule has 0 radical (unpaired) electrons. The Morgan fingerprint density at radius 2 is 2.00 bits per heavy atom. The molecule has 1 saturated heterocycles. The fraction of sp³-hybridized carbons (Fsp3) is 0.250. The summed E-state index contributed by atoms with van der Waals surface area (Å²) in [6.07, 6.45) is 1.09. The lowest BCUT2D eigenvalue weighted by Crippen LogP contribution is -2.62. The van der Waals surface area contributed by atoms with Crippen molar-refractivity contribution in [3.63, 3.8) is 0 Å². The van der Waals surface area contributed by atoms with Crippen LogP contribution in [-0.2, 0) is 11.3 Å². The third-order valence-electron chi connectivity index (χ3n) is 3.09. The average Bonchev–Trinajstić information content (AvgIpc) is 2.75. The Kier molecular flexibility index (Phi) is 2.87. The van der Waals surface area contributed by atoms with Crippen molar-refractivity contribution >= 4 is 29.9 Å². The van der Waals surface area contributed by atoms with E-state index in [0.717, 1.165) is 5.56 Å². The molecule has 2 atom stereocenters. The van der Waals surface area contributed by atoms with Crippen LogP contribution >= 0.6 is 11.6 Å². The van der Waals surface area contributed by atoms with Gasteiger partial charge in [-0.15, -0.1) is 0 Å². The molecule has 0 aromatic heterocycles. The molecule has 3 rings (SSSR count). The van der Waals surface area contributed by atoms with E-state index in [4.69, 9.17) is 11.6 Å². The first-order valence-electron chi connectivity index (χ1n) is 5.78. The van der Waals surface area contributed by atoms with Crippen LogP contribution in [-0.4, -0.2) is 35.4 Å². The Balaban J connectivity index is 1.76. The van der Waals surface area contributed by atoms with Gasteiger partial charge in [-0.1, -0.05) is 23.7 Å². The van der Waals surface area contributed by atoms with Crippen molar-refractivity contribution in [3.05, 3.63) is 34.9 Å². The Morgan fingerprint density at radius 3 is 2.74 bits per heavy atom. The Bertz CT molecular complexity index is 557. The van der Waals surface area contributed by atoms with Gasteiger partial charge in [-0.3, -0.25) is 10.1 Å². The highest BCUT2D eigenvalue weighted by atomic mass is 35.5. The summed E-state index contributed by atoms with van der Waals surface area (Å²) in [5, 5.41) is 5.51. The zero-order valence-electron chi connectivity index (χ0n) is 9.84. The van der Waals surface area contributed by atoms with Crippen molar-refractivity contribution in [2.24, 2.45) is 4.99 Å². The van der Waals surface area contributed by atoms with E-state index >= 15 is 0 Å². The number of hydrogen-bond acceptors (Lipinski definition) is 4. The van der Waals surface area contributed by atoms with Gasteiger partial charge in [-0.2, -0.15) is 0 Å². The molecule has 2 N–H and O–H groups in total. The van der Waals surface area contributed by atoms with Crippen molar-refractivity contribution < 1.29 is 9.59 Å². The summed E-state index contributed by atoms with van der Waals surface area (Å²) in [7, 11) is 0. The number of nitrogens with one attached hydrogen (secondary N) is 2. The number of fused-ring (bicyclic) bond motifs is 1. The minimum atomic E-state index is -0.506. The molecule has 19 heavy (non-hydrogen) atoms. The first-order chi connectivity index (χ1) is 9.13. The van der Waals surface area contributed by atoms with Gasteiger partial charge >= 0.3 is 6.03 Å². The summed E-state index contributed by atoms with van der Waals surface area (Å²) < 4.78 is 0. The van der Waals surface area contributed by atoms with Crippen LogP contribution in [0.2, 0.25) is 5.02 Å². The lowest BCUT2D eigenvalue weighted by Gasteiger charge is -2.30. The second-order valence-corrected chi connectivity index (χ2v) is 4.85. The minimum absolute atomic E-state index is 0.333. The van der Waals surface area contributed by atoms with Gasteiger partial charge in [0.25, 0.3) is 5.91 Å². The number of hydrogen-bond donors (Lipinski definition) is 2. The predicted octanol–water partition coefficient (Wildman–Crippen LogP) is 0.718. The molecule has 3 amide bonds. The molecule has 2 aliphatic rings. The molecule has 0 bridgehead atoms. The van der Waals surface area contributed by atoms with Gasteiger partial charge in [0.2, 0.25) is 0 Å². The third-order valence-corrected chi connectivity index (χ3v) is 3.35. The molecule has 6 nitrogen and oxygen atoms in total. The molecule has 1 aromatic rings. The average molecular weight is 279 g/mol. The van der Waals surface area contributed by atoms with E-state index in [0.29, 0.717) is 11.6 Å². The Labute approximate surface area is 114 Å². The quantitative estimate of drug-likeness (QED) is 0.837. The van der Waals surface area contributed by atoms with Crippen LogP contribution in [0.4, 0.5) is 4.79 Å². The first-order valence-corrected chi connectivity index (χ1v) is 6.16. The summed E-state index contributed by atoms with van der Waals surface area (Å²) in [4.78, 5) is 28.9. The van der Waals surface area contributed by atoms with Crippen LogP contribution in [0.5, 0.6) is 0 Å². The summed E-state index contributed by atoms with van der Waals surface area (Å²) in [6.45, 7) is 0.533. The Morgan fingerprint density at radius 1 is 1.26 bits per heavy atom. The molecule has 2 heterocycles. The van der Waals surface area contributed by atoms with E-state index in [9.17, 15) is 9.59 Å². The molecule has 0 spiro atoms. The zero-order chi connectivity index (χ0) is 13.4. The number of imide groups is 1. The molecule has 7 heteroatoms. The van der Waals surface area contributed by atoms with Crippen LogP contribution < -0.4 is 10.6 Å². The van der Waals surface area contributed by atoms with E-state index in [1.165, 1.54) is 0 Å². The summed E-state index contributed by atoms with van der Waals surface area (Å²) >= 11 is 5.83. The largest absolute Gasteiger partial charge is 0.343 e. The lowest BCUT2D eigenvalue weighted by atomic mass is 10.1. The molecular formula is C12H11ClN4O2. The molecule has 1 aromatic carbocycles. The maximum Gasteiger partial charge on any atom is 0.323 e. The van der Waals surface area contributed by atoms with Crippen molar-refractivity contribution in [2.75, 3.05) is 0 Å². The number of rotatable bonds is 2. The number of halogens is 1. The first kappa shape index (κ1) is 12.0. The summed E-state index contributed by atoms with van der Waals surface area (Å²) in [5.74, 6) is -0.333. The van der Waals surface area contributed by atoms with Gasteiger partial charge in [-0.05, 0) is 17.7 Å². The second kappa shape index (κ2) is 4.55. The highest BCUT2D eigenvalue weighted by Gasteiger charge is 2.41. The molecule has 0 aliphatic carbocycles. The van der Waals surface area contributed by atoms with E-state index in [-0.39, 0.29) is 5.91 Å². The number of aliphatic imine (C=N–C) groups is 1. The maximum absolute atomic E-state index is 11.8. The normalized spacial score (nSPS) is 25.0. The summed E-state index contributed by atoms with van der Waals surface area (Å²) in [5.41, 5.74) is 1.02. The number of amides is 3. The maximum atomic E-state index is 11.8. The number of urea groups is 1. The number of nitrogens with zero attached hydrogens (tertiary/aromatic N) is 2. The smallest absolute Gasteiger partial charge is 0.323 e. The predicted molar refractivity (Wildman–Crippen MR) is 69.7 cm³/mol. The monoisotopic (exact) mass is 278 g/mol. The molecule has 98 valence electrons. The van der Waals surface area contributed by atoms with Crippen molar-refractivity contribution in [2.45, 2.75) is 18.8 Å². The molecule has 2 unspecified atom stereocenters. The number of benzene rings is 1. The highest BCUT2D eigenvalue weighted by Crippen LogP contribution is 2.19. The van der Waals surface area contributed by atoms with Gasteiger partial charge in [0.05, 0.1) is 6.34 Å². The van der Waals surface area contributed by atoms with Crippen LogP contribution in [0.1, 0.15) is 5.56 Å². The number of carbonyl (C=O) groups excluding carboxylic acids is 2. The minimum Gasteiger partial charge on any atom is -0.343 e. The molecule has 0 saturated carbocycles. The van der Waals surface area contributed by atoms with Gasteiger partial charge in [0, 0.05) is 11.6 Å². The molecule has 1 fully saturated rings. The van der Waals surface area contributed by atoms with E-state index in [1.54, 1.807) is 23.4 Å². The van der Waals surface area contributed by atoms with Crippen LogP contribution in [0, 0.1) is 0 Å². The third kappa shape index (κ3) is 2.26. The zero-order valence-corrected chi connectivity index (χ0v) is 10.6. The Hall–Kier alpha value is -2.08. The lowest BCUT2D eigenvalue weighted by molar-refractivity contribution is -0.125. The SMILES string of the molecule is O=C1NC(=O)C2C(N=CN2Cc2ccc(Cl)cc2)N1. The van der Waals surface area contributed by atoms with Crippen LogP contribution in [0.15, 0.2) is 29.3 Å². The van der Waals surface area contributed by atoms with Crippen molar-refractivity contribution in [1.29, 1.82) is 0 Å².